The molecular formula is C17H22N2OS2. The van der Waals surface area contributed by atoms with E-state index in [1.54, 1.807) is 23.1 Å². The van der Waals surface area contributed by atoms with Crippen LogP contribution < -0.4 is 5.56 Å². The molecule has 0 bridgehead atoms. The summed E-state index contributed by atoms with van der Waals surface area (Å²) in [7, 11) is 0. The van der Waals surface area contributed by atoms with Crippen LogP contribution in [-0.2, 0) is 19.4 Å². The lowest BCUT2D eigenvalue weighted by atomic mass is 10.2. The summed E-state index contributed by atoms with van der Waals surface area (Å²) < 4.78 is 1.83. The Kier molecular flexibility index (Phi) is 4.73. The van der Waals surface area contributed by atoms with Crippen molar-refractivity contribution in [3.63, 3.8) is 0 Å². The van der Waals surface area contributed by atoms with Gasteiger partial charge in [0.2, 0.25) is 0 Å². The molecule has 0 amide bonds. The van der Waals surface area contributed by atoms with Crippen LogP contribution in [0.4, 0.5) is 0 Å². The van der Waals surface area contributed by atoms with Crippen molar-refractivity contribution in [1.82, 2.24) is 9.55 Å². The molecular weight excluding hydrogens is 312 g/mol. The summed E-state index contributed by atoms with van der Waals surface area (Å²) in [6, 6.07) is 0. The zero-order chi connectivity index (χ0) is 15.7. The van der Waals surface area contributed by atoms with Gasteiger partial charge in [0.15, 0.2) is 5.16 Å². The second-order valence-corrected chi connectivity index (χ2v) is 8.13. The first-order valence-electron chi connectivity index (χ1n) is 7.94. The number of nitrogens with zero attached hydrogens (tertiary/aromatic N) is 2. The van der Waals surface area contributed by atoms with E-state index in [9.17, 15) is 4.79 Å². The van der Waals surface area contributed by atoms with Crippen molar-refractivity contribution >= 4 is 33.3 Å². The zero-order valence-corrected chi connectivity index (χ0v) is 14.9. The number of allylic oxidation sites excluding steroid dienone is 1. The Bertz CT molecular complexity index is 773. The van der Waals surface area contributed by atoms with Crippen LogP contribution in [-0.4, -0.2) is 15.3 Å². The van der Waals surface area contributed by atoms with Crippen LogP contribution in [0.15, 0.2) is 22.1 Å². The SMILES string of the molecule is C=C(C)Cn1c(SCCCC)nc2sc3c(c2c1=O)CCC3. The molecule has 2 heterocycles. The maximum Gasteiger partial charge on any atom is 0.263 e. The average molecular weight is 335 g/mol. The van der Waals surface area contributed by atoms with Crippen LogP contribution >= 0.6 is 23.1 Å². The first-order chi connectivity index (χ1) is 10.6. The predicted octanol–water partition coefficient (Wildman–Crippen LogP) is 4.42. The second kappa shape index (κ2) is 6.59. The molecule has 0 aliphatic heterocycles. The number of thioether (sulfide) groups is 1. The minimum absolute atomic E-state index is 0.131. The van der Waals surface area contributed by atoms with Crippen molar-refractivity contribution in [3.05, 3.63) is 32.9 Å². The second-order valence-electron chi connectivity index (χ2n) is 5.98. The van der Waals surface area contributed by atoms with Crippen molar-refractivity contribution < 1.29 is 0 Å². The number of fused-ring (bicyclic) bond motifs is 3. The van der Waals surface area contributed by atoms with Gasteiger partial charge in [-0.15, -0.1) is 11.3 Å². The molecule has 0 aromatic carbocycles. The van der Waals surface area contributed by atoms with Gasteiger partial charge in [-0.05, 0) is 38.2 Å². The summed E-state index contributed by atoms with van der Waals surface area (Å²) >= 11 is 3.42. The van der Waals surface area contributed by atoms with Crippen LogP contribution in [0.1, 0.15) is 43.6 Å². The van der Waals surface area contributed by atoms with Crippen LogP contribution in [0, 0.1) is 0 Å². The lowest BCUT2D eigenvalue weighted by Crippen LogP contribution is -2.24. The van der Waals surface area contributed by atoms with Crippen molar-refractivity contribution in [2.45, 2.75) is 57.7 Å². The molecule has 0 N–H and O–H groups in total. The predicted molar refractivity (Wildman–Crippen MR) is 96.4 cm³/mol. The van der Waals surface area contributed by atoms with Gasteiger partial charge >= 0.3 is 0 Å². The molecule has 1 aliphatic carbocycles. The highest BCUT2D eigenvalue weighted by Gasteiger charge is 2.23. The van der Waals surface area contributed by atoms with E-state index in [1.807, 2.05) is 11.5 Å². The summed E-state index contributed by atoms with van der Waals surface area (Å²) in [5, 5.41) is 1.73. The monoisotopic (exact) mass is 334 g/mol. The Balaban J connectivity index is 2.12. The van der Waals surface area contributed by atoms with Gasteiger partial charge in [-0.25, -0.2) is 4.98 Å². The Morgan fingerprint density at radius 2 is 2.27 bits per heavy atom. The largest absolute Gasteiger partial charge is 0.283 e. The van der Waals surface area contributed by atoms with Gasteiger partial charge in [-0.1, -0.05) is 37.3 Å². The van der Waals surface area contributed by atoms with Gasteiger partial charge in [0.1, 0.15) is 4.83 Å². The van der Waals surface area contributed by atoms with E-state index in [4.69, 9.17) is 4.98 Å². The van der Waals surface area contributed by atoms with Crippen molar-refractivity contribution in [2.24, 2.45) is 0 Å². The standard InChI is InChI=1S/C17H22N2OS2/c1-4-5-9-21-17-18-15-14(12-7-6-8-13(12)22-15)16(20)19(17)10-11(2)3/h2,4-10H2,1,3H3. The van der Waals surface area contributed by atoms with Crippen LogP contribution in [0.5, 0.6) is 0 Å². The summed E-state index contributed by atoms with van der Waals surface area (Å²) in [5.74, 6) is 1.01. The number of unbranched alkanes of at least 4 members (excludes halogenated alkanes) is 1. The summed E-state index contributed by atoms with van der Waals surface area (Å²) in [6.07, 6.45) is 5.61. The minimum atomic E-state index is 0.131. The number of thiophene rings is 1. The van der Waals surface area contributed by atoms with Crippen molar-refractivity contribution in [2.75, 3.05) is 5.75 Å². The first kappa shape index (κ1) is 15.8. The lowest BCUT2D eigenvalue weighted by Gasteiger charge is -2.12. The molecule has 1 aliphatic rings. The highest BCUT2D eigenvalue weighted by Crippen LogP contribution is 2.35. The van der Waals surface area contributed by atoms with E-state index in [0.29, 0.717) is 6.54 Å². The molecule has 0 saturated heterocycles. The average Bonchev–Trinajstić information content (AvgIpc) is 3.02. The van der Waals surface area contributed by atoms with Gasteiger partial charge in [0.05, 0.1) is 5.39 Å². The van der Waals surface area contributed by atoms with Gasteiger partial charge in [-0.3, -0.25) is 9.36 Å². The summed E-state index contributed by atoms with van der Waals surface area (Å²) in [4.78, 5) is 20.2. The van der Waals surface area contributed by atoms with E-state index < -0.39 is 0 Å². The lowest BCUT2D eigenvalue weighted by molar-refractivity contribution is 0.651. The fourth-order valence-electron chi connectivity index (χ4n) is 2.89. The molecule has 0 spiro atoms. The van der Waals surface area contributed by atoms with Gasteiger partial charge in [0.25, 0.3) is 5.56 Å². The molecule has 0 saturated carbocycles. The highest BCUT2D eigenvalue weighted by molar-refractivity contribution is 7.99. The molecule has 3 rings (SSSR count). The van der Waals surface area contributed by atoms with E-state index in [0.717, 1.165) is 52.4 Å². The van der Waals surface area contributed by atoms with E-state index in [2.05, 4.69) is 13.5 Å². The number of hydrogen-bond acceptors (Lipinski definition) is 4. The maximum atomic E-state index is 13.0. The quantitative estimate of drug-likeness (QED) is 0.339. The normalized spacial score (nSPS) is 13.7. The molecule has 118 valence electrons. The Labute approximate surface area is 139 Å². The maximum absolute atomic E-state index is 13.0. The third-order valence-electron chi connectivity index (χ3n) is 3.95. The number of hydrogen-bond donors (Lipinski definition) is 0. The highest BCUT2D eigenvalue weighted by atomic mass is 32.2. The summed E-state index contributed by atoms with van der Waals surface area (Å²) in [6.45, 7) is 8.70. The van der Waals surface area contributed by atoms with Crippen molar-refractivity contribution in [1.29, 1.82) is 0 Å². The Hall–Kier alpha value is -1.07. The van der Waals surface area contributed by atoms with Gasteiger partial charge < -0.3 is 0 Å². The van der Waals surface area contributed by atoms with E-state index in [-0.39, 0.29) is 5.56 Å². The molecule has 3 nitrogen and oxygen atoms in total. The Morgan fingerprint density at radius 1 is 1.45 bits per heavy atom. The number of aromatic nitrogens is 2. The third kappa shape index (κ3) is 2.88. The molecule has 0 atom stereocenters. The van der Waals surface area contributed by atoms with Crippen molar-refractivity contribution in [3.8, 4) is 0 Å². The smallest absolute Gasteiger partial charge is 0.263 e. The molecule has 5 heteroatoms. The van der Waals surface area contributed by atoms with E-state index >= 15 is 0 Å². The van der Waals surface area contributed by atoms with Crippen LogP contribution in [0.25, 0.3) is 10.2 Å². The molecule has 0 fully saturated rings. The number of aryl methyl sites for hydroxylation is 2. The Morgan fingerprint density at radius 3 is 3.00 bits per heavy atom. The fourth-order valence-corrected chi connectivity index (χ4v) is 5.27. The molecule has 22 heavy (non-hydrogen) atoms. The van der Waals surface area contributed by atoms with Crippen LogP contribution in [0.2, 0.25) is 0 Å². The first-order valence-corrected chi connectivity index (χ1v) is 9.74. The molecule has 2 aromatic heterocycles. The molecule has 0 unspecified atom stereocenters. The number of rotatable bonds is 6. The minimum Gasteiger partial charge on any atom is -0.283 e. The molecule has 0 radical (unpaired) electrons. The molecule has 2 aromatic rings. The van der Waals surface area contributed by atoms with Crippen LogP contribution in [0.3, 0.4) is 0 Å². The van der Waals surface area contributed by atoms with Gasteiger partial charge in [-0.2, -0.15) is 0 Å². The van der Waals surface area contributed by atoms with Gasteiger partial charge in [0, 0.05) is 17.2 Å². The zero-order valence-electron chi connectivity index (χ0n) is 13.3. The fraction of sp³-hybridized carbons (Fsp3) is 0.529. The van der Waals surface area contributed by atoms with E-state index in [1.165, 1.54) is 16.9 Å². The topological polar surface area (TPSA) is 34.9 Å². The third-order valence-corrected chi connectivity index (χ3v) is 6.20. The summed E-state index contributed by atoms with van der Waals surface area (Å²) in [5.41, 5.74) is 2.39.